The van der Waals surface area contributed by atoms with Crippen molar-refractivity contribution in [3.05, 3.63) is 34.9 Å². The number of rotatable bonds is 3. The highest BCUT2D eigenvalue weighted by atomic mass is 35.5. The summed E-state index contributed by atoms with van der Waals surface area (Å²) in [4.78, 5) is 14.7. The smallest absolute Gasteiger partial charge is 0.241 e. The maximum atomic E-state index is 12.7. The second-order valence-corrected chi connectivity index (χ2v) is 6.61. The third-order valence-electron chi connectivity index (χ3n) is 4.44. The van der Waals surface area contributed by atoms with E-state index in [1.54, 1.807) is 0 Å². The molecule has 20 heavy (non-hydrogen) atoms. The topological polar surface area (TPSA) is 32.3 Å². The normalized spacial score (nSPS) is 27.2. The maximum Gasteiger partial charge on any atom is 0.241 e. The number of amides is 1. The highest BCUT2D eigenvalue weighted by Crippen LogP contribution is 2.37. The van der Waals surface area contributed by atoms with Crippen molar-refractivity contribution in [3.8, 4) is 0 Å². The van der Waals surface area contributed by atoms with Crippen LogP contribution in [0.3, 0.4) is 0 Å². The van der Waals surface area contributed by atoms with Crippen molar-refractivity contribution in [3.63, 3.8) is 0 Å². The first kappa shape index (κ1) is 13.9. The Bertz CT molecular complexity index is 513. The maximum absolute atomic E-state index is 12.7. The van der Waals surface area contributed by atoms with Crippen LogP contribution in [0.5, 0.6) is 0 Å². The van der Waals surface area contributed by atoms with E-state index in [1.165, 1.54) is 6.42 Å². The number of nitrogens with one attached hydrogen (secondary N) is 1. The van der Waals surface area contributed by atoms with Crippen molar-refractivity contribution in [2.24, 2.45) is 5.92 Å². The quantitative estimate of drug-likeness (QED) is 0.926. The van der Waals surface area contributed by atoms with Gasteiger partial charge in [-0.15, -0.1) is 0 Å². The molecule has 2 unspecified atom stereocenters. The SMILES string of the molecule is CC(C)C1NC(c2cccc(Cl)c2)N(C2CCC2)C1=O. The van der Waals surface area contributed by atoms with Crippen LogP contribution in [-0.4, -0.2) is 22.9 Å². The van der Waals surface area contributed by atoms with Crippen LogP contribution >= 0.6 is 11.6 Å². The molecule has 0 radical (unpaired) electrons. The van der Waals surface area contributed by atoms with E-state index in [2.05, 4.69) is 24.1 Å². The lowest BCUT2D eigenvalue weighted by Crippen LogP contribution is -2.44. The molecular weight excluding hydrogens is 272 g/mol. The first-order valence-electron chi connectivity index (χ1n) is 7.41. The van der Waals surface area contributed by atoms with E-state index in [-0.39, 0.29) is 18.1 Å². The molecule has 1 N–H and O–H groups in total. The van der Waals surface area contributed by atoms with Gasteiger partial charge in [0.05, 0.1) is 6.04 Å². The summed E-state index contributed by atoms with van der Waals surface area (Å²) in [6.07, 6.45) is 3.44. The first-order valence-corrected chi connectivity index (χ1v) is 7.79. The molecule has 2 atom stereocenters. The monoisotopic (exact) mass is 292 g/mol. The van der Waals surface area contributed by atoms with Crippen LogP contribution in [0.1, 0.15) is 44.8 Å². The van der Waals surface area contributed by atoms with Crippen molar-refractivity contribution in [2.75, 3.05) is 0 Å². The molecule has 1 amide bonds. The van der Waals surface area contributed by atoms with E-state index in [9.17, 15) is 4.79 Å². The molecule has 1 saturated heterocycles. The Morgan fingerprint density at radius 2 is 2.10 bits per heavy atom. The molecule has 1 aromatic carbocycles. The molecule has 3 rings (SSSR count). The van der Waals surface area contributed by atoms with E-state index in [0.29, 0.717) is 12.0 Å². The van der Waals surface area contributed by atoms with Gasteiger partial charge in [-0.3, -0.25) is 10.1 Å². The van der Waals surface area contributed by atoms with Gasteiger partial charge in [-0.1, -0.05) is 37.6 Å². The lowest BCUT2D eigenvalue weighted by Gasteiger charge is -2.38. The van der Waals surface area contributed by atoms with Crippen molar-refractivity contribution >= 4 is 17.5 Å². The Balaban J connectivity index is 1.92. The number of hydrogen-bond donors (Lipinski definition) is 1. The van der Waals surface area contributed by atoms with E-state index < -0.39 is 0 Å². The Hall–Kier alpha value is -1.06. The Morgan fingerprint density at radius 1 is 1.35 bits per heavy atom. The summed E-state index contributed by atoms with van der Waals surface area (Å²) in [5, 5.41) is 4.22. The largest absolute Gasteiger partial charge is 0.319 e. The van der Waals surface area contributed by atoms with E-state index >= 15 is 0 Å². The fourth-order valence-corrected chi connectivity index (χ4v) is 3.27. The van der Waals surface area contributed by atoms with Gasteiger partial charge in [0.2, 0.25) is 5.91 Å². The van der Waals surface area contributed by atoms with Gasteiger partial charge in [-0.2, -0.15) is 0 Å². The summed E-state index contributed by atoms with van der Waals surface area (Å²) in [5.74, 6) is 0.545. The van der Waals surface area contributed by atoms with Crippen molar-refractivity contribution in [1.82, 2.24) is 10.2 Å². The standard InChI is InChI=1S/C16H21ClN2O/c1-10(2)14-16(20)19(13-7-4-8-13)15(18-14)11-5-3-6-12(17)9-11/h3,5-6,9-10,13-15,18H,4,7-8H2,1-2H3. The van der Waals surface area contributed by atoms with Gasteiger partial charge in [0, 0.05) is 11.1 Å². The molecule has 1 heterocycles. The number of benzene rings is 1. The van der Waals surface area contributed by atoms with Crippen LogP contribution in [-0.2, 0) is 4.79 Å². The van der Waals surface area contributed by atoms with Crippen LogP contribution in [0.4, 0.5) is 0 Å². The summed E-state index contributed by atoms with van der Waals surface area (Å²) in [6, 6.07) is 8.13. The predicted octanol–water partition coefficient (Wildman–Crippen LogP) is 3.35. The lowest BCUT2D eigenvalue weighted by molar-refractivity contribution is -0.134. The van der Waals surface area contributed by atoms with Crippen LogP contribution in [0.2, 0.25) is 5.02 Å². The Kier molecular flexibility index (Phi) is 3.74. The fraction of sp³-hybridized carbons (Fsp3) is 0.562. The average molecular weight is 293 g/mol. The molecule has 1 aliphatic heterocycles. The number of nitrogens with zero attached hydrogens (tertiary/aromatic N) is 1. The van der Waals surface area contributed by atoms with Gasteiger partial charge < -0.3 is 4.90 Å². The third kappa shape index (κ3) is 2.33. The molecule has 1 aromatic rings. The minimum absolute atomic E-state index is 0.0288. The van der Waals surface area contributed by atoms with Crippen molar-refractivity contribution in [2.45, 2.75) is 51.4 Å². The molecule has 108 valence electrons. The molecule has 1 saturated carbocycles. The zero-order valence-electron chi connectivity index (χ0n) is 12.0. The fourth-order valence-electron chi connectivity index (χ4n) is 3.08. The van der Waals surface area contributed by atoms with Gasteiger partial charge >= 0.3 is 0 Å². The predicted molar refractivity (Wildman–Crippen MR) is 80.4 cm³/mol. The molecule has 2 fully saturated rings. The molecule has 3 nitrogen and oxygen atoms in total. The summed E-state index contributed by atoms with van der Waals surface area (Å²) in [6.45, 7) is 4.18. The van der Waals surface area contributed by atoms with Gasteiger partial charge in [0.15, 0.2) is 0 Å². The van der Waals surface area contributed by atoms with Crippen molar-refractivity contribution < 1.29 is 4.79 Å². The molecule has 2 aliphatic rings. The minimum Gasteiger partial charge on any atom is -0.319 e. The lowest BCUT2D eigenvalue weighted by atomic mass is 9.90. The van der Waals surface area contributed by atoms with Crippen LogP contribution in [0.15, 0.2) is 24.3 Å². The third-order valence-corrected chi connectivity index (χ3v) is 4.67. The van der Waals surface area contributed by atoms with E-state index in [1.807, 2.05) is 24.3 Å². The zero-order valence-corrected chi connectivity index (χ0v) is 12.7. The zero-order chi connectivity index (χ0) is 14.3. The van der Waals surface area contributed by atoms with Crippen LogP contribution in [0.25, 0.3) is 0 Å². The highest BCUT2D eigenvalue weighted by molar-refractivity contribution is 6.30. The molecule has 0 spiro atoms. The molecular formula is C16H21ClN2O. The van der Waals surface area contributed by atoms with Gasteiger partial charge in [-0.05, 0) is 42.9 Å². The second-order valence-electron chi connectivity index (χ2n) is 6.18. The number of carbonyl (C=O) groups is 1. The summed E-state index contributed by atoms with van der Waals surface area (Å²) < 4.78 is 0. The molecule has 4 heteroatoms. The minimum atomic E-state index is -0.0837. The van der Waals surface area contributed by atoms with Crippen LogP contribution in [0, 0.1) is 5.92 Å². The van der Waals surface area contributed by atoms with Crippen LogP contribution < -0.4 is 5.32 Å². The second kappa shape index (κ2) is 5.38. The molecule has 0 bridgehead atoms. The van der Waals surface area contributed by atoms with Gasteiger partial charge in [-0.25, -0.2) is 0 Å². The number of hydrogen-bond acceptors (Lipinski definition) is 2. The van der Waals surface area contributed by atoms with Gasteiger partial charge in [0.1, 0.15) is 6.17 Å². The molecule has 0 aromatic heterocycles. The number of carbonyl (C=O) groups excluding carboxylic acids is 1. The van der Waals surface area contributed by atoms with E-state index in [4.69, 9.17) is 11.6 Å². The summed E-state index contributed by atoms with van der Waals surface area (Å²) >= 11 is 6.10. The number of halogens is 1. The Morgan fingerprint density at radius 3 is 2.65 bits per heavy atom. The summed E-state index contributed by atoms with van der Waals surface area (Å²) in [7, 11) is 0. The Labute approximate surface area is 125 Å². The highest BCUT2D eigenvalue weighted by Gasteiger charge is 2.45. The average Bonchev–Trinajstić information content (AvgIpc) is 2.66. The van der Waals surface area contributed by atoms with Crippen molar-refractivity contribution in [1.29, 1.82) is 0 Å². The van der Waals surface area contributed by atoms with Gasteiger partial charge in [0.25, 0.3) is 0 Å². The first-order chi connectivity index (χ1) is 9.58. The van der Waals surface area contributed by atoms with E-state index in [0.717, 1.165) is 23.4 Å². The summed E-state index contributed by atoms with van der Waals surface area (Å²) in [5.41, 5.74) is 1.08. The molecule has 1 aliphatic carbocycles.